The lowest BCUT2D eigenvalue weighted by Gasteiger charge is -2.29. The zero-order chi connectivity index (χ0) is 14.0. The first kappa shape index (κ1) is 13.7. The molecule has 1 rings (SSSR count). The van der Waals surface area contributed by atoms with Crippen LogP contribution in [0.3, 0.4) is 0 Å². The van der Waals surface area contributed by atoms with E-state index in [0.717, 1.165) is 9.80 Å². The fraction of sp³-hybridized carbons (Fsp3) is 0.400. The van der Waals surface area contributed by atoms with Crippen molar-refractivity contribution in [3.63, 3.8) is 0 Å². The van der Waals surface area contributed by atoms with E-state index in [0.29, 0.717) is 0 Å². The van der Waals surface area contributed by atoms with Gasteiger partial charge in [0.05, 0.1) is 0 Å². The van der Waals surface area contributed by atoms with Gasteiger partial charge >= 0.3 is 12.0 Å². The predicted molar refractivity (Wildman–Crippen MR) is 59.3 cm³/mol. The number of carboxylic acids is 1. The number of carbonyl (C=O) groups excluding carboxylic acids is 3. The van der Waals surface area contributed by atoms with Gasteiger partial charge in [-0.15, -0.1) is 0 Å². The summed E-state index contributed by atoms with van der Waals surface area (Å²) in [5.41, 5.74) is -0.112. The van der Waals surface area contributed by atoms with Gasteiger partial charge in [-0.05, 0) is 6.92 Å². The van der Waals surface area contributed by atoms with Gasteiger partial charge in [0, 0.05) is 19.8 Å². The molecule has 0 aromatic heterocycles. The molecule has 0 spiro atoms. The van der Waals surface area contributed by atoms with E-state index in [1.54, 1.807) is 0 Å². The second-order valence-corrected chi connectivity index (χ2v) is 3.76. The highest BCUT2D eigenvalue weighted by atomic mass is 16.4. The van der Waals surface area contributed by atoms with Gasteiger partial charge in [0.1, 0.15) is 12.1 Å². The quantitative estimate of drug-likeness (QED) is 0.494. The fourth-order valence-electron chi connectivity index (χ4n) is 1.44. The predicted octanol–water partition coefficient (Wildman–Crippen LogP) is -1.01. The van der Waals surface area contributed by atoms with E-state index >= 15 is 0 Å². The van der Waals surface area contributed by atoms with Gasteiger partial charge in [-0.2, -0.15) is 0 Å². The normalized spacial score (nSPS) is 16.2. The number of rotatable bonds is 3. The molecule has 1 heterocycles. The number of allylic oxidation sites excluding steroid dienone is 1. The first-order chi connectivity index (χ1) is 8.27. The molecule has 1 aliphatic rings. The Hall–Kier alpha value is -2.38. The first-order valence-corrected chi connectivity index (χ1v) is 5.04. The van der Waals surface area contributed by atoms with Crippen molar-refractivity contribution in [3.8, 4) is 0 Å². The van der Waals surface area contributed by atoms with Crippen molar-refractivity contribution >= 4 is 23.8 Å². The summed E-state index contributed by atoms with van der Waals surface area (Å²) in [6, 6.07) is -0.722. The van der Waals surface area contributed by atoms with Crippen LogP contribution in [0.4, 0.5) is 4.79 Å². The van der Waals surface area contributed by atoms with Crippen molar-refractivity contribution in [3.05, 3.63) is 11.3 Å². The average Bonchev–Trinajstić information content (AvgIpc) is 2.31. The molecule has 0 unspecified atom stereocenters. The molecule has 0 saturated carbocycles. The second kappa shape index (κ2) is 4.86. The molecule has 8 nitrogen and oxygen atoms in total. The maximum atomic E-state index is 11.8. The minimum Gasteiger partial charge on any atom is -0.480 e. The summed E-state index contributed by atoms with van der Waals surface area (Å²) >= 11 is 0. The number of likely N-dealkylation sites (N-methyl/N-ethyl adjacent to an activating group) is 2. The van der Waals surface area contributed by atoms with Gasteiger partial charge in [0.2, 0.25) is 0 Å². The Kier molecular flexibility index (Phi) is 3.70. The highest BCUT2D eigenvalue weighted by Gasteiger charge is 2.39. The molecule has 0 bridgehead atoms. The van der Waals surface area contributed by atoms with Crippen molar-refractivity contribution in [2.45, 2.75) is 6.92 Å². The van der Waals surface area contributed by atoms with E-state index in [-0.39, 0.29) is 11.3 Å². The van der Waals surface area contributed by atoms with E-state index < -0.39 is 30.4 Å². The molecule has 0 aromatic carbocycles. The summed E-state index contributed by atoms with van der Waals surface area (Å²) in [5, 5.41) is 11.0. The van der Waals surface area contributed by atoms with Crippen LogP contribution in [0.25, 0.3) is 0 Å². The Balaban J connectivity index is 3.09. The lowest BCUT2D eigenvalue weighted by molar-refractivity contribution is -0.137. The van der Waals surface area contributed by atoms with E-state index in [2.05, 4.69) is 5.32 Å². The van der Waals surface area contributed by atoms with Gasteiger partial charge < -0.3 is 10.4 Å². The molecule has 1 aliphatic heterocycles. The lowest BCUT2D eigenvalue weighted by Crippen LogP contribution is -2.53. The molecular weight excluding hydrogens is 242 g/mol. The van der Waals surface area contributed by atoms with Crippen LogP contribution in [0.2, 0.25) is 0 Å². The number of carboxylic acid groups (broad SMARTS) is 1. The number of aliphatic carboxylic acids is 1. The van der Waals surface area contributed by atoms with Gasteiger partial charge in [-0.1, -0.05) is 0 Å². The molecule has 0 atom stereocenters. The van der Waals surface area contributed by atoms with Crippen LogP contribution in [0.1, 0.15) is 6.92 Å². The van der Waals surface area contributed by atoms with E-state index in [1.165, 1.54) is 21.0 Å². The number of imide groups is 2. The van der Waals surface area contributed by atoms with Crippen LogP contribution in [-0.2, 0) is 14.4 Å². The van der Waals surface area contributed by atoms with Crippen molar-refractivity contribution in [2.24, 2.45) is 0 Å². The minimum atomic E-state index is -1.12. The highest BCUT2D eigenvalue weighted by molar-refractivity contribution is 6.28. The largest absolute Gasteiger partial charge is 0.480 e. The van der Waals surface area contributed by atoms with Crippen LogP contribution in [0, 0.1) is 0 Å². The smallest absolute Gasteiger partial charge is 0.333 e. The van der Waals surface area contributed by atoms with E-state index in [4.69, 9.17) is 5.11 Å². The summed E-state index contributed by atoms with van der Waals surface area (Å²) in [6.45, 7) is 0.989. The third kappa shape index (κ3) is 2.31. The topological polar surface area (TPSA) is 107 Å². The minimum absolute atomic E-state index is 0.124. The summed E-state index contributed by atoms with van der Waals surface area (Å²) in [5.74, 6) is -2.62. The summed E-state index contributed by atoms with van der Waals surface area (Å²) in [7, 11) is 2.50. The number of carbonyl (C=O) groups is 4. The molecule has 8 heteroatoms. The second-order valence-electron chi connectivity index (χ2n) is 3.76. The monoisotopic (exact) mass is 255 g/mol. The maximum Gasteiger partial charge on any atom is 0.333 e. The number of nitrogens with zero attached hydrogens (tertiary/aromatic N) is 2. The molecule has 1 saturated heterocycles. The Bertz CT molecular complexity index is 442. The molecule has 98 valence electrons. The Morgan fingerprint density at radius 3 is 2.00 bits per heavy atom. The SMILES string of the molecule is CC(NCC(=O)O)=C1C(=O)N(C)C(=O)N(C)C1=O. The molecule has 2 N–H and O–H groups in total. The molecular formula is C10H13N3O5. The van der Waals surface area contributed by atoms with Crippen molar-refractivity contribution < 1.29 is 24.3 Å². The van der Waals surface area contributed by atoms with Crippen LogP contribution in [0.5, 0.6) is 0 Å². The Morgan fingerprint density at radius 2 is 1.61 bits per heavy atom. The molecule has 0 aliphatic carbocycles. The van der Waals surface area contributed by atoms with Gasteiger partial charge in [-0.25, -0.2) is 4.79 Å². The standard InChI is InChI=1S/C10H13N3O5/c1-5(11-4-6(14)15)7-8(16)12(2)10(18)13(3)9(7)17/h11H,4H2,1-3H3,(H,14,15). The van der Waals surface area contributed by atoms with Crippen LogP contribution >= 0.6 is 0 Å². The van der Waals surface area contributed by atoms with Gasteiger partial charge in [0.15, 0.2) is 0 Å². The number of hydrogen-bond donors (Lipinski definition) is 2. The summed E-state index contributed by atoms with van der Waals surface area (Å²) in [6.07, 6.45) is 0. The zero-order valence-corrected chi connectivity index (χ0v) is 10.2. The number of urea groups is 1. The molecule has 0 radical (unpaired) electrons. The number of nitrogens with one attached hydrogen (secondary N) is 1. The summed E-state index contributed by atoms with van der Waals surface area (Å²) < 4.78 is 0. The summed E-state index contributed by atoms with van der Waals surface area (Å²) in [4.78, 5) is 47.0. The van der Waals surface area contributed by atoms with Crippen molar-refractivity contribution in [2.75, 3.05) is 20.6 Å². The fourth-order valence-corrected chi connectivity index (χ4v) is 1.44. The number of amides is 4. The first-order valence-electron chi connectivity index (χ1n) is 5.04. The van der Waals surface area contributed by atoms with Gasteiger partial charge in [-0.3, -0.25) is 24.2 Å². The molecule has 18 heavy (non-hydrogen) atoms. The Labute approximate surface area is 103 Å². The average molecular weight is 255 g/mol. The number of barbiturate groups is 1. The molecule has 0 aromatic rings. The van der Waals surface area contributed by atoms with Crippen LogP contribution in [0.15, 0.2) is 11.3 Å². The van der Waals surface area contributed by atoms with E-state index in [1.807, 2.05) is 0 Å². The molecule has 4 amide bonds. The van der Waals surface area contributed by atoms with Crippen LogP contribution in [-0.4, -0.2) is 59.4 Å². The highest BCUT2D eigenvalue weighted by Crippen LogP contribution is 2.16. The molecule has 1 fully saturated rings. The van der Waals surface area contributed by atoms with E-state index in [9.17, 15) is 19.2 Å². The number of hydrogen-bond acceptors (Lipinski definition) is 5. The van der Waals surface area contributed by atoms with Crippen molar-refractivity contribution in [1.29, 1.82) is 0 Å². The zero-order valence-electron chi connectivity index (χ0n) is 10.2. The third-order valence-electron chi connectivity index (χ3n) is 2.49. The third-order valence-corrected chi connectivity index (χ3v) is 2.49. The van der Waals surface area contributed by atoms with Crippen LogP contribution < -0.4 is 5.32 Å². The Morgan fingerprint density at radius 1 is 1.17 bits per heavy atom. The maximum absolute atomic E-state index is 11.8. The van der Waals surface area contributed by atoms with Gasteiger partial charge in [0.25, 0.3) is 11.8 Å². The lowest BCUT2D eigenvalue weighted by atomic mass is 10.1. The van der Waals surface area contributed by atoms with Crippen molar-refractivity contribution in [1.82, 2.24) is 15.1 Å².